The quantitative estimate of drug-likeness (QED) is 0.642. The first-order valence-corrected chi connectivity index (χ1v) is 7.57. The van der Waals surface area contributed by atoms with Gasteiger partial charge in [0.1, 0.15) is 17.4 Å². The van der Waals surface area contributed by atoms with Crippen LogP contribution in [0, 0.1) is 17.1 Å². The molecule has 0 spiro atoms. The number of nitrogens with zero attached hydrogens (tertiary/aromatic N) is 1. The fraction of sp³-hybridized carbons (Fsp3) is 0.158. The maximum atomic E-state index is 13.7. The van der Waals surface area contributed by atoms with E-state index in [9.17, 15) is 14.4 Å². The molecule has 0 radical (unpaired) electrons. The van der Waals surface area contributed by atoms with E-state index in [0.717, 1.165) is 0 Å². The molecule has 0 saturated carbocycles. The molecule has 0 atom stereocenters. The lowest BCUT2D eigenvalue weighted by atomic mass is 10.1. The van der Waals surface area contributed by atoms with Gasteiger partial charge in [0, 0.05) is 0 Å². The lowest BCUT2D eigenvalue weighted by molar-refractivity contribution is -0.112. The summed E-state index contributed by atoms with van der Waals surface area (Å²) < 4.78 is 24.0. The smallest absolute Gasteiger partial charge is 0.266 e. The number of rotatable bonds is 6. The topological polar surface area (TPSA) is 71.3 Å². The third-order valence-electron chi connectivity index (χ3n) is 3.29. The highest BCUT2D eigenvalue weighted by Gasteiger charge is 2.13. The van der Waals surface area contributed by atoms with Crippen molar-refractivity contribution in [1.29, 1.82) is 5.26 Å². The SMILES string of the molecule is CCOc1ccccc1NC(=O)/C(C#N)=C/c1ccc(OC)c(F)c1. The zero-order valence-electron chi connectivity index (χ0n) is 13.9. The van der Waals surface area contributed by atoms with Crippen LogP contribution in [-0.4, -0.2) is 19.6 Å². The van der Waals surface area contributed by atoms with E-state index in [1.54, 1.807) is 30.3 Å². The number of nitriles is 1. The largest absolute Gasteiger partial charge is 0.494 e. The van der Waals surface area contributed by atoms with Crippen molar-refractivity contribution < 1.29 is 18.7 Å². The van der Waals surface area contributed by atoms with Crippen molar-refractivity contribution in [2.24, 2.45) is 0 Å². The van der Waals surface area contributed by atoms with E-state index < -0.39 is 11.7 Å². The number of benzene rings is 2. The molecule has 0 fully saturated rings. The Kier molecular flexibility index (Phi) is 6.13. The Balaban J connectivity index is 2.24. The molecule has 1 amide bonds. The van der Waals surface area contributed by atoms with E-state index in [1.165, 1.54) is 25.3 Å². The van der Waals surface area contributed by atoms with Gasteiger partial charge >= 0.3 is 0 Å². The monoisotopic (exact) mass is 340 g/mol. The van der Waals surface area contributed by atoms with Gasteiger partial charge in [0.25, 0.3) is 5.91 Å². The minimum atomic E-state index is -0.606. The Morgan fingerprint density at radius 1 is 1.28 bits per heavy atom. The molecule has 0 heterocycles. The molecule has 5 nitrogen and oxygen atoms in total. The molecule has 128 valence electrons. The number of carbonyl (C=O) groups is 1. The molecule has 0 bridgehead atoms. The average molecular weight is 340 g/mol. The number of amides is 1. The number of halogens is 1. The summed E-state index contributed by atoms with van der Waals surface area (Å²) in [5, 5.41) is 11.9. The first kappa shape index (κ1) is 18.0. The van der Waals surface area contributed by atoms with E-state index >= 15 is 0 Å². The molecule has 6 heteroatoms. The van der Waals surface area contributed by atoms with Crippen LogP contribution in [0.15, 0.2) is 48.0 Å². The molecular weight excluding hydrogens is 323 g/mol. The van der Waals surface area contributed by atoms with Gasteiger partial charge in [-0.25, -0.2) is 4.39 Å². The predicted molar refractivity (Wildman–Crippen MR) is 92.8 cm³/mol. The Morgan fingerprint density at radius 2 is 2.04 bits per heavy atom. The number of para-hydroxylation sites is 2. The van der Waals surface area contributed by atoms with Crippen LogP contribution in [0.25, 0.3) is 6.08 Å². The second-order valence-corrected chi connectivity index (χ2v) is 4.95. The Hall–Kier alpha value is -3.33. The predicted octanol–water partition coefficient (Wildman–Crippen LogP) is 3.78. The fourth-order valence-corrected chi connectivity index (χ4v) is 2.13. The Bertz CT molecular complexity index is 841. The van der Waals surface area contributed by atoms with Crippen LogP contribution in [0.3, 0.4) is 0 Å². The highest BCUT2D eigenvalue weighted by Crippen LogP contribution is 2.24. The number of hydrogen-bond donors (Lipinski definition) is 1. The van der Waals surface area contributed by atoms with Crippen molar-refractivity contribution in [1.82, 2.24) is 0 Å². The van der Waals surface area contributed by atoms with Gasteiger partial charge in [0.15, 0.2) is 11.6 Å². The first-order valence-electron chi connectivity index (χ1n) is 7.57. The van der Waals surface area contributed by atoms with E-state index in [2.05, 4.69) is 5.32 Å². The van der Waals surface area contributed by atoms with Crippen molar-refractivity contribution in [3.8, 4) is 17.6 Å². The average Bonchev–Trinajstić information content (AvgIpc) is 2.61. The number of methoxy groups -OCH3 is 1. The molecular formula is C19H17FN2O3. The zero-order valence-corrected chi connectivity index (χ0v) is 13.9. The first-order chi connectivity index (χ1) is 12.1. The summed E-state index contributed by atoms with van der Waals surface area (Å²) in [7, 11) is 1.36. The number of ether oxygens (including phenoxy) is 2. The summed E-state index contributed by atoms with van der Waals surface area (Å²) >= 11 is 0. The van der Waals surface area contributed by atoms with Crippen LogP contribution in [-0.2, 0) is 4.79 Å². The van der Waals surface area contributed by atoms with E-state index in [4.69, 9.17) is 9.47 Å². The van der Waals surface area contributed by atoms with E-state index in [0.29, 0.717) is 23.6 Å². The van der Waals surface area contributed by atoms with Crippen LogP contribution >= 0.6 is 0 Å². The van der Waals surface area contributed by atoms with E-state index in [1.807, 2.05) is 13.0 Å². The van der Waals surface area contributed by atoms with Gasteiger partial charge < -0.3 is 14.8 Å². The molecule has 0 unspecified atom stereocenters. The summed E-state index contributed by atoms with van der Waals surface area (Å²) in [6, 6.07) is 12.9. The van der Waals surface area contributed by atoms with Crippen molar-refractivity contribution in [3.63, 3.8) is 0 Å². The molecule has 2 aromatic carbocycles. The summed E-state index contributed by atoms with van der Waals surface area (Å²) in [5.41, 5.74) is 0.676. The summed E-state index contributed by atoms with van der Waals surface area (Å²) in [6.07, 6.45) is 1.31. The van der Waals surface area contributed by atoms with Gasteiger partial charge in [-0.1, -0.05) is 18.2 Å². The van der Waals surface area contributed by atoms with Crippen molar-refractivity contribution in [2.45, 2.75) is 6.92 Å². The lowest BCUT2D eigenvalue weighted by Crippen LogP contribution is -2.14. The van der Waals surface area contributed by atoms with Crippen molar-refractivity contribution in [2.75, 3.05) is 19.0 Å². The maximum Gasteiger partial charge on any atom is 0.266 e. The maximum absolute atomic E-state index is 13.7. The third kappa shape index (κ3) is 4.58. The van der Waals surface area contributed by atoms with Gasteiger partial charge in [-0.05, 0) is 42.8 Å². The highest BCUT2D eigenvalue weighted by molar-refractivity contribution is 6.10. The minimum Gasteiger partial charge on any atom is -0.494 e. The molecule has 0 aliphatic heterocycles. The molecule has 2 rings (SSSR count). The van der Waals surface area contributed by atoms with Gasteiger partial charge in [0.05, 0.1) is 19.4 Å². The zero-order chi connectivity index (χ0) is 18.2. The standard InChI is InChI=1S/C19H17FN2O3/c1-3-25-18-7-5-4-6-16(18)22-19(23)14(12-21)10-13-8-9-17(24-2)15(20)11-13/h4-11H,3H2,1-2H3,(H,22,23)/b14-10+. The lowest BCUT2D eigenvalue weighted by Gasteiger charge is -2.10. The summed E-state index contributed by atoms with van der Waals surface area (Å²) in [5.74, 6) is -0.585. The minimum absolute atomic E-state index is 0.0887. The van der Waals surface area contributed by atoms with Gasteiger partial charge in [-0.2, -0.15) is 5.26 Å². The molecule has 1 N–H and O–H groups in total. The number of carbonyl (C=O) groups excluding carboxylic acids is 1. The Morgan fingerprint density at radius 3 is 2.68 bits per heavy atom. The number of nitrogens with one attached hydrogen (secondary N) is 1. The van der Waals surface area contributed by atoms with Crippen LogP contribution in [0.2, 0.25) is 0 Å². The van der Waals surface area contributed by atoms with E-state index in [-0.39, 0.29) is 11.3 Å². The molecule has 0 aliphatic rings. The van der Waals surface area contributed by atoms with Gasteiger partial charge in [0.2, 0.25) is 0 Å². The molecule has 0 saturated heterocycles. The van der Waals surface area contributed by atoms with Crippen molar-refractivity contribution >= 4 is 17.7 Å². The van der Waals surface area contributed by atoms with Crippen LogP contribution in [0.5, 0.6) is 11.5 Å². The van der Waals surface area contributed by atoms with Gasteiger partial charge in [-0.15, -0.1) is 0 Å². The third-order valence-corrected chi connectivity index (χ3v) is 3.29. The second kappa shape index (κ2) is 8.50. The normalized spacial score (nSPS) is 10.7. The summed E-state index contributed by atoms with van der Waals surface area (Å²) in [4.78, 5) is 12.3. The highest BCUT2D eigenvalue weighted by atomic mass is 19.1. The second-order valence-electron chi connectivity index (χ2n) is 4.95. The van der Waals surface area contributed by atoms with Crippen molar-refractivity contribution in [3.05, 3.63) is 59.4 Å². The molecule has 2 aromatic rings. The number of hydrogen-bond acceptors (Lipinski definition) is 4. The van der Waals surface area contributed by atoms with Crippen LogP contribution in [0.1, 0.15) is 12.5 Å². The van der Waals surface area contributed by atoms with Crippen LogP contribution in [0.4, 0.5) is 10.1 Å². The fourth-order valence-electron chi connectivity index (χ4n) is 2.13. The Labute approximate surface area is 145 Å². The molecule has 25 heavy (non-hydrogen) atoms. The van der Waals surface area contributed by atoms with Gasteiger partial charge in [-0.3, -0.25) is 4.79 Å². The molecule has 0 aromatic heterocycles. The summed E-state index contributed by atoms with van der Waals surface area (Å²) in [6.45, 7) is 2.27. The number of anilines is 1. The molecule has 0 aliphatic carbocycles. The van der Waals surface area contributed by atoms with Crippen LogP contribution < -0.4 is 14.8 Å².